The van der Waals surface area contributed by atoms with Crippen LogP contribution in [0.15, 0.2) is 0 Å². The van der Waals surface area contributed by atoms with E-state index in [2.05, 4.69) is 0 Å². The number of hydrogen-bond donors (Lipinski definition) is 1. The van der Waals surface area contributed by atoms with Gasteiger partial charge < -0.3 is 10.0 Å². The topological polar surface area (TPSA) is 91.8 Å². The molecule has 1 rings (SSSR count). The van der Waals surface area contributed by atoms with Gasteiger partial charge in [0.15, 0.2) is 9.84 Å². The van der Waals surface area contributed by atoms with Crippen LogP contribution in [0.1, 0.15) is 26.7 Å². The molecule has 98 valence electrons. The molecule has 0 spiro atoms. The van der Waals surface area contributed by atoms with Crippen LogP contribution in [0.2, 0.25) is 0 Å². The number of sulfone groups is 1. The van der Waals surface area contributed by atoms with E-state index in [0.29, 0.717) is 0 Å². The summed E-state index contributed by atoms with van der Waals surface area (Å²) >= 11 is 0. The lowest BCUT2D eigenvalue weighted by molar-refractivity contribution is -0.149. The van der Waals surface area contributed by atoms with E-state index in [4.69, 9.17) is 5.11 Å². The first-order chi connectivity index (χ1) is 7.78. The van der Waals surface area contributed by atoms with Crippen molar-refractivity contribution in [2.45, 2.75) is 38.8 Å². The molecule has 0 radical (unpaired) electrons. The summed E-state index contributed by atoms with van der Waals surface area (Å²) in [6, 6.07) is -1.08. The van der Waals surface area contributed by atoms with Crippen molar-refractivity contribution in [1.82, 2.24) is 4.90 Å². The van der Waals surface area contributed by atoms with Gasteiger partial charge in [-0.1, -0.05) is 6.92 Å². The zero-order valence-electron chi connectivity index (χ0n) is 9.92. The number of aliphatic carboxylic acids is 1. The van der Waals surface area contributed by atoms with E-state index in [1.165, 1.54) is 18.7 Å². The van der Waals surface area contributed by atoms with E-state index in [9.17, 15) is 18.0 Å². The average molecular weight is 263 g/mol. The summed E-state index contributed by atoms with van der Waals surface area (Å²) in [5.74, 6) is -2.43. The van der Waals surface area contributed by atoms with Crippen molar-refractivity contribution in [2.24, 2.45) is 0 Å². The number of rotatable bonds is 6. The van der Waals surface area contributed by atoms with E-state index in [1.54, 1.807) is 0 Å². The fraction of sp³-hybridized carbons (Fsp3) is 0.800. The van der Waals surface area contributed by atoms with Gasteiger partial charge in [-0.3, -0.25) is 4.79 Å². The minimum atomic E-state index is -3.41. The average Bonchev–Trinajstić information content (AvgIpc) is 3.01. The quantitative estimate of drug-likeness (QED) is 0.721. The SMILES string of the molecule is CCS(=O)(=O)CC(=O)N(C1CC1)C(C)C(=O)O. The van der Waals surface area contributed by atoms with Crippen molar-refractivity contribution < 1.29 is 23.1 Å². The summed E-state index contributed by atoms with van der Waals surface area (Å²) in [6.07, 6.45) is 1.49. The Hall–Kier alpha value is -1.11. The molecule has 0 heterocycles. The van der Waals surface area contributed by atoms with Crippen LogP contribution >= 0.6 is 0 Å². The fourth-order valence-corrected chi connectivity index (χ4v) is 2.30. The van der Waals surface area contributed by atoms with Crippen LogP contribution in [0.25, 0.3) is 0 Å². The Morgan fingerprint density at radius 1 is 1.41 bits per heavy atom. The fourth-order valence-electron chi connectivity index (χ4n) is 1.57. The largest absolute Gasteiger partial charge is 0.480 e. The summed E-state index contributed by atoms with van der Waals surface area (Å²) in [5.41, 5.74) is 0. The highest BCUT2D eigenvalue weighted by Gasteiger charge is 2.39. The second kappa shape index (κ2) is 5.03. The van der Waals surface area contributed by atoms with Gasteiger partial charge in [-0.15, -0.1) is 0 Å². The van der Waals surface area contributed by atoms with Gasteiger partial charge >= 0.3 is 5.97 Å². The molecule has 1 fully saturated rings. The van der Waals surface area contributed by atoms with E-state index in [-0.39, 0.29) is 11.8 Å². The Morgan fingerprint density at radius 2 is 1.94 bits per heavy atom. The van der Waals surface area contributed by atoms with Gasteiger partial charge in [0.1, 0.15) is 11.8 Å². The lowest BCUT2D eigenvalue weighted by Crippen LogP contribution is -2.47. The summed E-state index contributed by atoms with van der Waals surface area (Å²) in [7, 11) is -3.41. The molecule has 1 N–H and O–H groups in total. The van der Waals surface area contributed by atoms with Crippen molar-refractivity contribution in [2.75, 3.05) is 11.5 Å². The van der Waals surface area contributed by atoms with Crippen LogP contribution in [0, 0.1) is 0 Å². The van der Waals surface area contributed by atoms with Gasteiger partial charge in [0.05, 0.1) is 0 Å². The second-order valence-electron chi connectivity index (χ2n) is 4.22. The highest BCUT2D eigenvalue weighted by Crippen LogP contribution is 2.29. The maximum Gasteiger partial charge on any atom is 0.326 e. The summed E-state index contributed by atoms with van der Waals surface area (Å²) in [6.45, 7) is 2.86. The van der Waals surface area contributed by atoms with E-state index in [1.807, 2.05) is 0 Å². The molecule has 7 heteroatoms. The van der Waals surface area contributed by atoms with Gasteiger partial charge in [-0.25, -0.2) is 13.2 Å². The molecule has 1 saturated carbocycles. The first-order valence-corrected chi connectivity index (χ1v) is 7.35. The van der Waals surface area contributed by atoms with Crippen LogP contribution in [0.4, 0.5) is 0 Å². The van der Waals surface area contributed by atoms with Crippen molar-refractivity contribution in [1.29, 1.82) is 0 Å². The Bertz CT molecular complexity index is 412. The maximum atomic E-state index is 11.8. The predicted octanol–water partition coefficient (Wildman–Crippen LogP) is -0.115. The lowest BCUT2D eigenvalue weighted by Gasteiger charge is -2.26. The Kier molecular flexibility index (Phi) is 4.13. The Morgan fingerprint density at radius 3 is 2.29 bits per heavy atom. The number of carboxylic acids is 1. The monoisotopic (exact) mass is 263 g/mol. The number of carbonyl (C=O) groups excluding carboxylic acids is 1. The highest BCUT2D eigenvalue weighted by molar-refractivity contribution is 7.92. The first kappa shape index (κ1) is 14.0. The predicted molar refractivity (Wildman–Crippen MR) is 61.3 cm³/mol. The van der Waals surface area contributed by atoms with E-state index >= 15 is 0 Å². The highest BCUT2D eigenvalue weighted by atomic mass is 32.2. The minimum Gasteiger partial charge on any atom is -0.480 e. The molecule has 1 atom stereocenters. The molecule has 1 amide bonds. The van der Waals surface area contributed by atoms with Gasteiger partial charge in [0, 0.05) is 11.8 Å². The number of carbonyl (C=O) groups is 2. The standard InChI is InChI=1S/C10H17NO5S/c1-3-17(15,16)6-9(12)11(8-4-5-8)7(2)10(13)14/h7-8H,3-6H2,1-2H3,(H,13,14). The van der Waals surface area contributed by atoms with E-state index < -0.39 is 33.5 Å². The third-order valence-corrected chi connectivity index (χ3v) is 4.35. The smallest absolute Gasteiger partial charge is 0.326 e. The molecule has 1 unspecified atom stereocenters. The minimum absolute atomic E-state index is 0.111. The van der Waals surface area contributed by atoms with Crippen molar-refractivity contribution >= 4 is 21.7 Å². The molecule has 0 aromatic heterocycles. The lowest BCUT2D eigenvalue weighted by atomic mass is 10.2. The molecular formula is C10H17NO5S. The zero-order valence-corrected chi connectivity index (χ0v) is 10.7. The summed E-state index contributed by atoms with van der Waals surface area (Å²) in [4.78, 5) is 23.9. The third kappa shape index (κ3) is 3.69. The Balaban J connectivity index is 2.78. The van der Waals surface area contributed by atoms with Crippen LogP contribution < -0.4 is 0 Å². The number of hydrogen-bond acceptors (Lipinski definition) is 4. The molecule has 0 aliphatic heterocycles. The Labute approximate surface area is 101 Å². The normalized spacial score (nSPS) is 17.5. The van der Waals surface area contributed by atoms with Crippen LogP contribution in [0.5, 0.6) is 0 Å². The number of nitrogens with zero attached hydrogens (tertiary/aromatic N) is 1. The van der Waals surface area contributed by atoms with Gasteiger partial charge in [-0.2, -0.15) is 0 Å². The first-order valence-electron chi connectivity index (χ1n) is 5.53. The molecule has 1 aliphatic rings. The van der Waals surface area contributed by atoms with Crippen LogP contribution in [0.3, 0.4) is 0 Å². The van der Waals surface area contributed by atoms with Gasteiger partial charge in [-0.05, 0) is 19.8 Å². The van der Waals surface area contributed by atoms with Crippen LogP contribution in [-0.4, -0.2) is 53.9 Å². The molecule has 0 aromatic rings. The summed E-state index contributed by atoms with van der Waals surface area (Å²) < 4.78 is 22.7. The van der Waals surface area contributed by atoms with Gasteiger partial charge in [0.25, 0.3) is 0 Å². The number of carboxylic acid groups (broad SMARTS) is 1. The molecule has 1 aliphatic carbocycles. The van der Waals surface area contributed by atoms with Crippen molar-refractivity contribution in [3.8, 4) is 0 Å². The summed E-state index contributed by atoms with van der Waals surface area (Å²) in [5, 5.41) is 8.89. The molecule has 6 nitrogen and oxygen atoms in total. The maximum absolute atomic E-state index is 11.8. The molecular weight excluding hydrogens is 246 g/mol. The number of amides is 1. The van der Waals surface area contributed by atoms with Crippen molar-refractivity contribution in [3.63, 3.8) is 0 Å². The third-order valence-electron chi connectivity index (χ3n) is 2.79. The molecule has 0 saturated heterocycles. The van der Waals surface area contributed by atoms with Gasteiger partial charge in [0.2, 0.25) is 5.91 Å². The molecule has 0 aromatic carbocycles. The van der Waals surface area contributed by atoms with Crippen molar-refractivity contribution in [3.05, 3.63) is 0 Å². The molecule has 17 heavy (non-hydrogen) atoms. The van der Waals surface area contributed by atoms with E-state index in [0.717, 1.165) is 12.8 Å². The van der Waals surface area contributed by atoms with Crippen LogP contribution in [-0.2, 0) is 19.4 Å². The molecule has 0 bridgehead atoms. The second-order valence-corrected chi connectivity index (χ2v) is 6.58. The zero-order chi connectivity index (χ0) is 13.2.